The van der Waals surface area contributed by atoms with E-state index in [0.29, 0.717) is 5.41 Å². The lowest BCUT2D eigenvalue weighted by atomic mass is 9.86. The lowest BCUT2D eigenvalue weighted by Crippen LogP contribution is -2.44. The van der Waals surface area contributed by atoms with E-state index in [1.54, 1.807) is 0 Å². The largest absolute Gasteiger partial charge is 0.330 e. The fraction of sp³-hybridized carbons (Fsp3) is 1.00. The molecule has 0 aromatic carbocycles. The van der Waals surface area contributed by atoms with Crippen molar-refractivity contribution in [1.82, 2.24) is 9.80 Å². The summed E-state index contributed by atoms with van der Waals surface area (Å²) >= 11 is 0. The highest BCUT2D eigenvalue weighted by Crippen LogP contribution is 2.24. The van der Waals surface area contributed by atoms with E-state index in [1.165, 1.54) is 45.4 Å². The maximum atomic E-state index is 5.89. The van der Waals surface area contributed by atoms with E-state index in [9.17, 15) is 0 Å². The lowest BCUT2D eigenvalue weighted by Gasteiger charge is -2.38. The summed E-state index contributed by atoms with van der Waals surface area (Å²) in [6.07, 6.45) is 3.88. The van der Waals surface area contributed by atoms with E-state index in [2.05, 4.69) is 37.7 Å². The second kappa shape index (κ2) is 6.72. The molecule has 1 atom stereocenters. The highest BCUT2D eigenvalue weighted by Gasteiger charge is 2.26. The fourth-order valence-corrected chi connectivity index (χ4v) is 2.70. The first-order chi connectivity index (χ1) is 7.99. The number of piperidine rings is 1. The van der Waals surface area contributed by atoms with Crippen LogP contribution in [0.5, 0.6) is 0 Å². The second-order valence-electron chi connectivity index (χ2n) is 6.35. The Balaban J connectivity index is 2.32. The molecule has 1 aliphatic heterocycles. The third-order valence-electron chi connectivity index (χ3n) is 4.28. The van der Waals surface area contributed by atoms with Crippen molar-refractivity contribution in [2.75, 3.05) is 46.8 Å². The Morgan fingerprint density at radius 1 is 1.29 bits per heavy atom. The van der Waals surface area contributed by atoms with Crippen LogP contribution in [0, 0.1) is 11.3 Å². The van der Waals surface area contributed by atoms with Gasteiger partial charge in [-0.1, -0.05) is 13.8 Å². The minimum Gasteiger partial charge on any atom is -0.330 e. The van der Waals surface area contributed by atoms with Gasteiger partial charge in [-0.3, -0.25) is 0 Å². The summed E-state index contributed by atoms with van der Waals surface area (Å²) < 4.78 is 0. The standard InChI is InChI=1S/C14H31N3/c1-5-14(2,11-15)12-17-8-6-13(7-9-17)10-16(3)4/h13H,5-12,15H2,1-4H3. The van der Waals surface area contributed by atoms with Crippen LogP contribution in [0.4, 0.5) is 0 Å². The Bertz CT molecular complexity index is 204. The van der Waals surface area contributed by atoms with Gasteiger partial charge in [0.15, 0.2) is 0 Å². The van der Waals surface area contributed by atoms with E-state index in [4.69, 9.17) is 5.73 Å². The van der Waals surface area contributed by atoms with Crippen LogP contribution < -0.4 is 5.73 Å². The molecule has 1 saturated heterocycles. The number of hydrogen-bond acceptors (Lipinski definition) is 3. The lowest BCUT2D eigenvalue weighted by molar-refractivity contribution is 0.111. The molecule has 1 fully saturated rings. The Morgan fingerprint density at radius 2 is 1.88 bits per heavy atom. The monoisotopic (exact) mass is 241 g/mol. The molecule has 1 rings (SSSR count). The summed E-state index contributed by atoms with van der Waals surface area (Å²) in [7, 11) is 4.35. The van der Waals surface area contributed by atoms with E-state index < -0.39 is 0 Å². The minimum atomic E-state index is 0.314. The second-order valence-corrected chi connectivity index (χ2v) is 6.35. The zero-order chi connectivity index (χ0) is 12.9. The Hall–Kier alpha value is -0.120. The predicted molar refractivity (Wildman–Crippen MR) is 75.2 cm³/mol. The average molecular weight is 241 g/mol. The van der Waals surface area contributed by atoms with Crippen LogP contribution >= 0.6 is 0 Å². The third-order valence-corrected chi connectivity index (χ3v) is 4.28. The Kier molecular flexibility index (Phi) is 5.90. The third kappa shape index (κ3) is 4.94. The van der Waals surface area contributed by atoms with Crippen LogP contribution in [0.3, 0.4) is 0 Å². The van der Waals surface area contributed by atoms with Crippen LogP contribution in [0.2, 0.25) is 0 Å². The smallest absolute Gasteiger partial charge is 0.00473 e. The number of nitrogens with two attached hydrogens (primary N) is 1. The minimum absolute atomic E-state index is 0.314. The summed E-state index contributed by atoms with van der Waals surface area (Å²) in [5, 5.41) is 0. The van der Waals surface area contributed by atoms with E-state index in [0.717, 1.165) is 12.5 Å². The molecule has 1 unspecified atom stereocenters. The van der Waals surface area contributed by atoms with E-state index in [-0.39, 0.29) is 0 Å². The highest BCUT2D eigenvalue weighted by atomic mass is 15.1. The van der Waals surface area contributed by atoms with Crippen molar-refractivity contribution in [3.63, 3.8) is 0 Å². The molecular weight excluding hydrogens is 210 g/mol. The molecular formula is C14H31N3. The molecule has 0 bridgehead atoms. The van der Waals surface area contributed by atoms with Crippen LogP contribution in [0.15, 0.2) is 0 Å². The summed E-state index contributed by atoms with van der Waals surface area (Å²) in [5.41, 5.74) is 6.21. The zero-order valence-corrected chi connectivity index (χ0v) is 12.2. The first-order valence-electron chi connectivity index (χ1n) is 7.06. The number of hydrogen-bond donors (Lipinski definition) is 1. The highest BCUT2D eigenvalue weighted by molar-refractivity contribution is 4.81. The SMILES string of the molecule is CCC(C)(CN)CN1CCC(CN(C)C)CC1. The van der Waals surface area contributed by atoms with E-state index in [1.807, 2.05) is 0 Å². The van der Waals surface area contributed by atoms with Gasteiger partial charge < -0.3 is 15.5 Å². The van der Waals surface area contributed by atoms with Gasteiger partial charge in [-0.25, -0.2) is 0 Å². The molecule has 0 saturated carbocycles. The molecule has 0 amide bonds. The van der Waals surface area contributed by atoms with Crippen molar-refractivity contribution < 1.29 is 0 Å². The van der Waals surface area contributed by atoms with Gasteiger partial charge >= 0.3 is 0 Å². The van der Waals surface area contributed by atoms with Gasteiger partial charge in [0.05, 0.1) is 0 Å². The maximum absolute atomic E-state index is 5.89. The molecule has 17 heavy (non-hydrogen) atoms. The average Bonchev–Trinajstić information content (AvgIpc) is 2.31. The maximum Gasteiger partial charge on any atom is 0.00473 e. The van der Waals surface area contributed by atoms with Crippen LogP contribution in [-0.2, 0) is 0 Å². The van der Waals surface area contributed by atoms with Crippen LogP contribution in [-0.4, -0.2) is 56.6 Å². The molecule has 1 heterocycles. The first-order valence-corrected chi connectivity index (χ1v) is 7.06. The van der Waals surface area contributed by atoms with Gasteiger partial charge in [0.25, 0.3) is 0 Å². The van der Waals surface area contributed by atoms with Crippen molar-refractivity contribution in [2.24, 2.45) is 17.1 Å². The van der Waals surface area contributed by atoms with Crippen molar-refractivity contribution in [2.45, 2.75) is 33.1 Å². The predicted octanol–water partition coefficient (Wildman–Crippen LogP) is 1.64. The topological polar surface area (TPSA) is 32.5 Å². The van der Waals surface area contributed by atoms with Gasteiger partial charge in [0.1, 0.15) is 0 Å². The Labute approximate surface area is 107 Å². The van der Waals surface area contributed by atoms with Gasteiger partial charge in [0.2, 0.25) is 0 Å². The first kappa shape index (κ1) is 14.9. The molecule has 102 valence electrons. The summed E-state index contributed by atoms with van der Waals surface area (Å²) in [6.45, 7) is 10.3. The van der Waals surface area contributed by atoms with Crippen molar-refractivity contribution in [1.29, 1.82) is 0 Å². The van der Waals surface area contributed by atoms with Crippen molar-refractivity contribution >= 4 is 0 Å². The summed E-state index contributed by atoms with van der Waals surface area (Å²) in [4.78, 5) is 4.93. The fourth-order valence-electron chi connectivity index (χ4n) is 2.70. The molecule has 1 aliphatic rings. The van der Waals surface area contributed by atoms with Crippen LogP contribution in [0.1, 0.15) is 33.1 Å². The van der Waals surface area contributed by atoms with Gasteiger partial charge in [-0.05, 0) is 64.3 Å². The molecule has 2 N–H and O–H groups in total. The van der Waals surface area contributed by atoms with Gasteiger partial charge in [-0.2, -0.15) is 0 Å². The number of rotatable bonds is 6. The van der Waals surface area contributed by atoms with Crippen LogP contribution in [0.25, 0.3) is 0 Å². The van der Waals surface area contributed by atoms with Gasteiger partial charge in [0, 0.05) is 13.1 Å². The molecule has 0 radical (unpaired) electrons. The summed E-state index contributed by atoms with van der Waals surface area (Å²) in [5.74, 6) is 0.895. The quantitative estimate of drug-likeness (QED) is 0.767. The normalized spacial score (nSPS) is 22.9. The molecule has 0 spiro atoms. The molecule has 3 heteroatoms. The molecule has 3 nitrogen and oxygen atoms in total. The van der Waals surface area contributed by atoms with E-state index >= 15 is 0 Å². The Morgan fingerprint density at radius 3 is 2.29 bits per heavy atom. The van der Waals surface area contributed by atoms with Crippen molar-refractivity contribution in [3.05, 3.63) is 0 Å². The number of likely N-dealkylation sites (tertiary alicyclic amines) is 1. The molecule has 0 aromatic rings. The summed E-state index contributed by atoms with van der Waals surface area (Å²) in [6, 6.07) is 0. The van der Waals surface area contributed by atoms with Gasteiger partial charge in [-0.15, -0.1) is 0 Å². The molecule has 0 aliphatic carbocycles. The number of nitrogens with zero attached hydrogens (tertiary/aromatic N) is 2. The molecule has 0 aromatic heterocycles. The zero-order valence-electron chi connectivity index (χ0n) is 12.2. The van der Waals surface area contributed by atoms with Crippen molar-refractivity contribution in [3.8, 4) is 0 Å².